The molecule has 0 aliphatic heterocycles. The van der Waals surface area contributed by atoms with E-state index in [0.29, 0.717) is 17.0 Å². The fourth-order valence-electron chi connectivity index (χ4n) is 1.45. The Balaban J connectivity index is 2.65. The first-order chi connectivity index (χ1) is 8.09. The van der Waals surface area contributed by atoms with Crippen molar-refractivity contribution in [3.8, 4) is 0 Å². The van der Waals surface area contributed by atoms with Gasteiger partial charge >= 0.3 is 0 Å². The first kappa shape index (κ1) is 11.3. The normalized spacial score (nSPS) is 11.2. The Hall–Kier alpha value is -2.24. The molecule has 2 aromatic heterocycles. The molecule has 0 atom stereocenters. The molecule has 0 amide bonds. The molecule has 2 rings (SSSR count). The first-order valence-corrected chi connectivity index (χ1v) is 5.14. The van der Waals surface area contributed by atoms with E-state index in [0.717, 1.165) is 0 Å². The van der Waals surface area contributed by atoms with E-state index in [4.69, 9.17) is 0 Å². The summed E-state index contributed by atoms with van der Waals surface area (Å²) in [6.45, 7) is 1.51. The van der Waals surface area contributed by atoms with Gasteiger partial charge in [-0.3, -0.25) is 4.79 Å². The Labute approximate surface area is 98.6 Å². The highest BCUT2D eigenvalue weighted by molar-refractivity contribution is 5.97. The minimum Gasteiger partial charge on any atom is -0.383 e. The molecule has 6 heteroatoms. The van der Waals surface area contributed by atoms with Crippen LogP contribution >= 0.6 is 0 Å². The molecule has 0 aromatic carbocycles. The number of hydrogen-bond donors (Lipinski definition) is 0. The fraction of sp³-hybridized carbons (Fsp3) is 0.273. The third-order valence-electron chi connectivity index (χ3n) is 2.25. The molecule has 2 aromatic rings. The summed E-state index contributed by atoms with van der Waals surface area (Å²) < 4.78 is 1.55. The topological polar surface area (TPSA) is 63.4 Å². The van der Waals surface area contributed by atoms with E-state index in [1.54, 1.807) is 4.52 Å². The van der Waals surface area contributed by atoms with Crippen molar-refractivity contribution in [2.75, 3.05) is 14.1 Å². The second-order valence-electron chi connectivity index (χ2n) is 3.86. The zero-order chi connectivity index (χ0) is 12.4. The number of rotatable bonds is 3. The summed E-state index contributed by atoms with van der Waals surface area (Å²) in [6.07, 6.45) is 6.61. The molecule has 0 saturated heterocycles. The summed E-state index contributed by atoms with van der Waals surface area (Å²) in [5.74, 6) is 0.432. The van der Waals surface area contributed by atoms with Crippen molar-refractivity contribution in [3.63, 3.8) is 0 Å². The smallest absolute Gasteiger partial charge is 0.252 e. The van der Waals surface area contributed by atoms with E-state index >= 15 is 0 Å². The van der Waals surface area contributed by atoms with Crippen molar-refractivity contribution < 1.29 is 4.79 Å². The van der Waals surface area contributed by atoms with Crippen molar-refractivity contribution in [1.29, 1.82) is 0 Å². The van der Waals surface area contributed by atoms with Crippen LogP contribution in [0.4, 0.5) is 0 Å². The number of fused-ring (bicyclic) bond motifs is 1. The zero-order valence-corrected chi connectivity index (χ0v) is 9.95. The third-order valence-corrected chi connectivity index (χ3v) is 2.25. The highest BCUT2D eigenvalue weighted by Gasteiger charge is 2.11. The Morgan fingerprint density at radius 2 is 2.18 bits per heavy atom. The van der Waals surface area contributed by atoms with Crippen LogP contribution in [0.2, 0.25) is 0 Å². The molecule has 0 spiro atoms. The summed E-state index contributed by atoms with van der Waals surface area (Å²) in [6, 6.07) is 0. The summed E-state index contributed by atoms with van der Waals surface area (Å²) in [4.78, 5) is 21.5. The van der Waals surface area contributed by atoms with Crippen LogP contribution in [0, 0.1) is 0 Å². The number of nitrogens with zero attached hydrogens (tertiary/aromatic N) is 5. The quantitative estimate of drug-likeness (QED) is 0.733. The van der Waals surface area contributed by atoms with Crippen molar-refractivity contribution in [1.82, 2.24) is 24.5 Å². The number of aromatic nitrogens is 4. The Morgan fingerprint density at radius 3 is 2.82 bits per heavy atom. The molecule has 0 radical (unpaired) electrons. The van der Waals surface area contributed by atoms with Crippen molar-refractivity contribution in [3.05, 3.63) is 30.0 Å². The molecule has 0 saturated carbocycles. The van der Waals surface area contributed by atoms with E-state index < -0.39 is 0 Å². The van der Waals surface area contributed by atoms with Crippen LogP contribution in [-0.2, 0) is 0 Å². The molecular weight excluding hydrogens is 218 g/mol. The molecule has 17 heavy (non-hydrogen) atoms. The molecule has 0 aliphatic carbocycles. The molecule has 0 N–H and O–H groups in total. The van der Waals surface area contributed by atoms with Gasteiger partial charge in [-0.1, -0.05) is 0 Å². The van der Waals surface area contributed by atoms with Gasteiger partial charge in [-0.15, -0.1) is 0 Å². The van der Waals surface area contributed by atoms with Gasteiger partial charge in [-0.25, -0.2) is 4.98 Å². The lowest BCUT2D eigenvalue weighted by Gasteiger charge is -2.06. The van der Waals surface area contributed by atoms with Gasteiger partial charge in [0.1, 0.15) is 6.33 Å². The molecule has 0 fully saturated rings. The number of carbonyl (C=O) groups is 1. The zero-order valence-electron chi connectivity index (χ0n) is 9.95. The lowest BCUT2D eigenvalue weighted by atomic mass is 10.1. The van der Waals surface area contributed by atoms with Gasteiger partial charge in [0.05, 0.1) is 11.3 Å². The van der Waals surface area contributed by atoms with E-state index in [2.05, 4.69) is 15.1 Å². The number of ketones is 1. The Bertz CT molecular complexity index is 585. The van der Waals surface area contributed by atoms with Gasteiger partial charge in [-0.05, 0) is 13.0 Å². The van der Waals surface area contributed by atoms with E-state index in [9.17, 15) is 4.79 Å². The molecule has 6 nitrogen and oxygen atoms in total. The largest absolute Gasteiger partial charge is 0.383 e. The molecule has 2 heterocycles. The van der Waals surface area contributed by atoms with E-state index in [-0.39, 0.29) is 5.78 Å². The van der Waals surface area contributed by atoms with Gasteiger partial charge in [-0.2, -0.15) is 14.6 Å². The summed E-state index contributed by atoms with van der Waals surface area (Å²) in [5, 5.41) is 4.06. The van der Waals surface area contributed by atoms with Crippen LogP contribution < -0.4 is 0 Å². The second-order valence-corrected chi connectivity index (χ2v) is 3.86. The molecule has 88 valence electrons. The maximum Gasteiger partial charge on any atom is 0.252 e. The fourth-order valence-corrected chi connectivity index (χ4v) is 1.45. The molecule has 0 aliphatic rings. The summed E-state index contributed by atoms with van der Waals surface area (Å²) >= 11 is 0. The van der Waals surface area contributed by atoms with Gasteiger partial charge < -0.3 is 4.90 Å². The minimum atomic E-state index is -0.0479. The van der Waals surface area contributed by atoms with E-state index in [1.807, 2.05) is 31.3 Å². The monoisotopic (exact) mass is 231 g/mol. The average Bonchev–Trinajstić information content (AvgIpc) is 2.73. The van der Waals surface area contributed by atoms with E-state index in [1.165, 1.54) is 19.4 Å². The van der Waals surface area contributed by atoms with Crippen LogP contribution in [0.5, 0.6) is 0 Å². The minimum absolute atomic E-state index is 0.0479. The predicted octanol–water partition coefficient (Wildman–Crippen LogP) is 0.859. The standard InChI is InChI=1S/C11H13N5O/c1-8(17)9-6-12-11-13-7-14-16(11)10(9)4-5-15(2)3/h4-7H,1-3H3/b5-4+. The highest BCUT2D eigenvalue weighted by Crippen LogP contribution is 2.11. The average molecular weight is 231 g/mol. The molecular formula is C11H13N5O. The predicted molar refractivity (Wildman–Crippen MR) is 63.5 cm³/mol. The highest BCUT2D eigenvalue weighted by atomic mass is 16.1. The maximum absolute atomic E-state index is 11.5. The number of Topliss-reactive ketones (excluding diaryl/α,β-unsaturated/α-hetero) is 1. The SMILES string of the molecule is CC(=O)c1cnc2ncnn2c1/C=C/N(C)C. The second kappa shape index (κ2) is 4.32. The summed E-state index contributed by atoms with van der Waals surface area (Å²) in [7, 11) is 3.81. The lowest BCUT2D eigenvalue weighted by molar-refractivity contribution is 0.101. The maximum atomic E-state index is 11.5. The molecule has 0 unspecified atom stereocenters. The van der Waals surface area contributed by atoms with Gasteiger partial charge in [0.15, 0.2) is 5.78 Å². The summed E-state index contributed by atoms with van der Waals surface area (Å²) in [5.41, 5.74) is 1.22. The van der Waals surface area contributed by atoms with Crippen LogP contribution in [-0.4, -0.2) is 44.4 Å². The van der Waals surface area contributed by atoms with Crippen molar-refractivity contribution in [2.45, 2.75) is 6.92 Å². The van der Waals surface area contributed by atoms with Gasteiger partial charge in [0.2, 0.25) is 0 Å². The van der Waals surface area contributed by atoms with Crippen LogP contribution in [0.25, 0.3) is 11.9 Å². The van der Waals surface area contributed by atoms with Crippen molar-refractivity contribution in [2.24, 2.45) is 0 Å². The number of hydrogen-bond acceptors (Lipinski definition) is 5. The molecule has 0 bridgehead atoms. The van der Waals surface area contributed by atoms with Crippen LogP contribution in [0.1, 0.15) is 23.0 Å². The lowest BCUT2D eigenvalue weighted by Crippen LogP contribution is -2.07. The Morgan fingerprint density at radius 1 is 1.41 bits per heavy atom. The Kier molecular flexibility index (Phi) is 2.86. The third kappa shape index (κ3) is 2.15. The van der Waals surface area contributed by atoms with Crippen LogP contribution in [0.3, 0.4) is 0 Å². The van der Waals surface area contributed by atoms with Crippen molar-refractivity contribution >= 4 is 17.6 Å². The van der Waals surface area contributed by atoms with Crippen LogP contribution in [0.15, 0.2) is 18.7 Å². The number of carbonyl (C=O) groups excluding carboxylic acids is 1. The first-order valence-electron chi connectivity index (χ1n) is 5.14. The van der Waals surface area contributed by atoms with Gasteiger partial charge in [0, 0.05) is 26.5 Å². The van der Waals surface area contributed by atoms with Gasteiger partial charge in [0.25, 0.3) is 5.78 Å².